The molecule has 0 aliphatic rings. The van der Waals surface area contributed by atoms with Crippen molar-refractivity contribution in [2.45, 2.75) is 53.8 Å². The molecule has 1 aromatic carbocycles. The van der Waals surface area contributed by atoms with Gasteiger partial charge in [0.05, 0.1) is 17.8 Å². The Balaban J connectivity index is 1.75. The third-order valence-corrected chi connectivity index (χ3v) is 4.65. The molecule has 0 radical (unpaired) electrons. The molecule has 0 aliphatic heterocycles. The van der Waals surface area contributed by atoms with Gasteiger partial charge < -0.3 is 10.3 Å². The number of nitrogens with zero attached hydrogens (tertiary/aromatic N) is 2. The molecule has 3 aromatic rings. The highest BCUT2D eigenvalue weighted by atomic mass is 19.1. The van der Waals surface area contributed by atoms with Gasteiger partial charge in [-0.2, -0.15) is 5.10 Å². The van der Waals surface area contributed by atoms with E-state index >= 15 is 0 Å². The number of nitrogens with one attached hydrogen (secondary N) is 2. The second kappa shape index (κ2) is 6.40. The van der Waals surface area contributed by atoms with Crippen molar-refractivity contribution in [1.82, 2.24) is 20.1 Å². The number of hydrogen-bond donors (Lipinski definition) is 2. The predicted octanol–water partition coefficient (Wildman–Crippen LogP) is 3.92. The zero-order valence-electron chi connectivity index (χ0n) is 15.0. The molecule has 5 heteroatoms. The van der Waals surface area contributed by atoms with E-state index in [-0.39, 0.29) is 11.9 Å². The Morgan fingerprint density at radius 2 is 1.96 bits per heavy atom. The first kappa shape index (κ1) is 16.7. The summed E-state index contributed by atoms with van der Waals surface area (Å²) in [6.07, 6.45) is 0. The first-order chi connectivity index (χ1) is 11.3. The molecule has 0 bridgehead atoms. The Kier molecular flexibility index (Phi) is 4.45. The number of aromatic nitrogens is 3. The molecular formula is C19H25FN4. The molecule has 0 spiro atoms. The molecule has 0 unspecified atom stereocenters. The van der Waals surface area contributed by atoms with Crippen molar-refractivity contribution in [3.63, 3.8) is 0 Å². The second-order valence-corrected chi connectivity index (χ2v) is 6.75. The van der Waals surface area contributed by atoms with Crippen molar-refractivity contribution in [3.8, 4) is 0 Å². The normalized spacial score (nSPS) is 12.9. The van der Waals surface area contributed by atoms with E-state index in [1.165, 1.54) is 0 Å². The van der Waals surface area contributed by atoms with E-state index in [9.17, 15) is 4.39 Å². The number of H-pyrrole nitrogens is 1. The molecule has 2 N–H and O–H groups in total. The summed E-state index contributed by atoms with van der Waals surface area (Å²) in [6, 6.07) is 5.53. The van der Waals surface area contributed by atoms with Crippen molar-refractivity contribution < 1.29 is 4.39 Å². The molecule has 0 saturated carbocycles. The molecule has 4 nitrogen and oxygen atoms in total. The van der Waals surface area contributed by atoms with Gasteiger partial charge in [0.2, 0.25) is 0 Å². The van der Waals surface area contributed by atoms with Crippen LogP contribution in [0, 0.1) is 33.5 Å². The fourth-order valence-electron chi connectivity index (χ4n) is 3.20. The third kappa shape index (κ3) is 3.22. The van der Waals surface area contributed by atoms with Gasteiger partial charge in [-0.1, -0.05) is 0 Å². The van der Waals surface area contributed by atoms with E-state index < -0.39 is 0 Å². The van der Waals surface area contributed by atoms with Crippen LogP contribution < -0.4 is 5.32 Å². The van der Waals surface area contributed by atoms with Crippen LogP contribution in [0.25, 0.3) is 10.9 Å². The molecule has 128 valence electrons. The number of fused-ring (bicyclic) bond motifs is 1. The molecule has 2 aromatic heterocycles. The number of halogens is 1. The fourth-order valence-corrected chi connectivity index (χ4v) is 3.20. The van der Waals surface area contributed by atoms with Crippen LogP contribution in [0.3, 0.4) is 0 Å². The molecule has 0 amide bonds. The number of aromatic amines is 1. The molecular weight excluding hydrogens is 303 g/mol. The van der Waals surface area contributed by atoms with E-state index in [0.29, 0.717) is 6.54 Å². The third-order valence-electron chi connectivity index (χ3n) is 4.65. The summed E-state index contributed by atoms with van der Waals surface area (Å²) >= 11 is 0. The summed E-state index contributed by atoms with van der Waals surface area (Å²) < 4.78 is 16.0. The minimum absolute atomic E-state index is 0.187. The molecule has 0 aliphatic carbocycles. The lowest BCUT2D eigenvalue weighted by Gasteiger charge is -2.15. The Morgan fingerprint density at radius 1 is 1.21 bits per heavy atom. The van der Waals surface area contributed by atoms with Crippen LogP contribution in [-0.4, -0.2) is 20.8 Å². The van der Waals surface area contributed by atoms with E-state index in [4.69, 9.17) is 0 Å². The van der Waals surface area contributed by atoms with Crippen LogP contribution in [0.4, 0.5) is 4.39 Å². The Bertz CT molecular complexity index is 875. The number of benzene rings is 1. The average molecular weight is 328 g/mol. The summed E-state index contributed by atoms with van der Waals surface area (Å²) in [5.74, 6) is -0.187. The van der Waals surface area contributed by atoms with Crippen molar-refractivity contribution in [3.05, 3.63) is 52.2 Å². The highest BCUT2D eigenvalue weighted by Gasteiger charge is 2.12. The highest BCUT2D eigenvalue weighted by molar-refractivity contribution is 5.87. The molecule has 24 heavy (non-hydrogen) atoms. The van der Waals surface area contributed by atoms with Gasteiger partial charge >= 0.3 is 0 Å². The van der Waals surface area contributed by atoms with Gasteiger partial charge in [0.1, 0.15) is 5.82 Å². The van der Waals surface area contributed by atoms with Crippen LogP contribution in [-0.2, 0) is 13.1 Å². The lowest BCUT2D eigenvalue weighted by atomic mass is 10.1. The minimum atomic E-state index is -0.187. The van der Waals surface area contributed by atoms with Gasteiger partial charge in [-0.3, -0.25) is 4.68 Å². The number of aryl methyl sites for hydroxylation is 4. The van der Waals surface area contributed by atoms with Gasteiger partial charge in [0.15, 0.2) is 0 Å². The van der Waals surface area contributed by atoms with Crippen LogP contribution in [0.2, 0.25) is 0 Å². The van der Waals surface area contributed by atoms with Crippen LogP contribution >= 0.6 is 0 Å². The second-order valence-electron chi connectivity index (χ2n) is 6.75. The van der Waals surface area contributed by atoms with Gasteiger partial charge in [0.25, 0.3) is 0 Å². The zero-order valence-corrected chi connectivity index (χ0v) is 15.0. The summed E-state index contributed by atoms with van der Waals surface area (Å²) in [7, 11) is 0. The summed E-state index contributed by atoms with van der Waals surface area (Å²) in [4.78, 5) is 3.38. The van der Waals surface area contributed by atoms with Crippen LogP contribution in [0.1, 0.15) is 35.1 Å². The Morgan fingerprint density at radius 3 is 2.62 bits per heavy atom. The SMILES string of the molecule is Cc1cc(C)n(C[C@@H](C)NCc2cc(F)cc3c(C)c(C)[nH]c23)n1. The fraction of sp³-hybridized carbons (Fsp3) is 0.421. The molecule has 3 rings (SSSR count). The van der Waals surface area contributed by atoms with Gasteiger partial charge in [-0.15, -0.1) is 0 Å². The summed E-state index contributed by atoms with van der Waals surface area (Å²) in [6.45, 7) is 11.6. The summed E-state index contributed by atoms with van der Waals surface area (Å²) in [5, 5.41) is 8.95. The first-order valence-electron chi connectivity index (χ1n) is 8.37. The van der Waals surface area contributed by atoms with Gasteiger partial charge in [-0.05, 0) is 63.9 Å². The van der Waals surface area contributed by atoms with Crippen LogP contribution in [0.5, 0.6) is 0 Å². The van der Waals surface area contributed by atoms with Crippen LogP contribution in [0.15, 0.2) is 18.2 Å². The number of hydrogen-bond acceptors (Lipinski definition) is 2. The predicted molar refractivity (Wildman–Crippen MR) is 95.7 cm³/mol. The highest BCUT2D eigenvalue weighted by Crippen LogP contribution is 2.25. The Labute approximate surface area is 142 Å². The topological polar surface area (TPSA) is 45.6 Å². The standard InChI is InChI=1S/C19H25FN4/c1-11-6-13(3)24(23-11)10-12(2)21-9-16-7-17(20)8-18-14(4)15(5)22-19(16)18/h6-8,12,21-22H,9-10H2,1-5H3/t12-/m1/s1. The van der Waals surface area contributed by atoms with Crippen molar-refractivity contribution >= 4 is 10.9 Å². The van der Waals surface area contributed by atoms with Crippen molar-refractivity contribution in [2.24, 2.45) is 0 Å². The maximum atomic E-state index is 14.0. The quantitative estimate of drug-likeness (QED) is 0.746. The monoisotopic (exact) mass is 328 g/mol. The van der Waals surface area contributed by atoms with Crippen molar-refractivity contribution in [2.75, 3.05) is 0 Å². The number of rotatable bonds is 5. The van der Waals surface area contributed by atoms with Gasteiger partial charge in [-0.25, -0.2) is 4.39 Å². The lowest BCUT2D eigenvalue weighted by Crippen LogP contribution is -2.30. The maximum Gasteiger partial charge on any atom is 0.124 e. The van der Waals surface area contributed by atoms with E-state index in [0.717, 1.165) is 45.7 Å². The smallest absolute Gasteiger partial charge is 0.124 e. The van der Waals surface area contributed by atoms with Gasteiger partial charge in [0, 0.05) is 29.4 Å². The van der Waals surface area contributed by atoms with E-state index in [1.54, 1.807) is 12.1 Å². The first-order valence-corrected chi connectivity index (χ1v) is 8.37. The molecule has 1 atom stereocenters. The minimum Gasteiger partial charge on any atom is -0.358 e. The molecule has 0 saturated heterocycles. The summed E-state index contributed by atoms with van der Waals surface area (Å²) in [5.41, 5.74) is 6.38. The zero-order chi connectivity index (χ0) is 17.4. The Hall–Kier alpha value is -2.14. The lowest BCUT2D eigenvalue weighted by molar-refractivity contribution is 0.444. The molecule has 0 fully saturated rings. The maximum absolute atomic E-state index is 14.0. The molecule has 2 heterocycles. The largest absolute Gasteiger partial charge is 0.358 e. The van der Waals surface area contributed by atoms with Crippen molar-refractivity contribution in [1.29, 1.82) is 0 Å². The van der Waals surface area contributed by atoms with E-state index in [2.05, 4.69) is 35.3 Å². The van der Waals surface area contributed by atoms with E-state index in [1.807, 2.05) is 25.5 Å². The average Bonchev–Trinajstić information content (AvgIpc) is 2.97.